The lowest BCUT2D eigenvalue weighted by molar-refractivity contribution is 0.507. The highest BCUT2D eigenvalue weighted by Gasteiger charge is 2.54. The number of hydrogen-bond acceptors (Lipinski definition) is 3. The van der Waals surface area contributed by atoms with Crippen molar-refractivity contribution >= 4 is 11.0 Å². The largest absolute Gasteiger partial charge is 0.459 e. The smallest absolute Gasteiger partial charge is 0.160 e. The SMILES string of the molecule is c1ccc(-c2cccc(-c3cc(-c4ccccc4)nc(-c4ccc5c(c4)-c4ccccc4C54c5ccccc5-c5c4oc4ccccc54)n3)c2)cc1. The quantitative estimate of drug-likeness (QED) is 0.188. The average molecular weight is 663 g/mol. The van der Waals surface area contributed by atoms with Crippen LogP contribution in [0.2, 0.25) is 0 Å². The van der Waals surface area contributed by atoms with Crippen molar-refractivity contribution in [1.29, 1.82) is 0 Å². The highest BCUT2D eigenvalue weighted by molar-refractivity contribution is 6.04. The van der Waals surface area contributed by atoms with E-state index >= 15 is 0 Å². The Morgan fingerprint density at radius 3 is 1.79 bits per heavy atom. The van der Waals surface area contributed by atoms with Gasteiger partial charge in [0.2, 0.25) is 0 Å². The molecular weight excluding hydrogens is 633 g/mol. The minimum Gasteiger partial charge on any atom is -0.459 e. The van der Waals surface area contributed by atoms with Crippen molar-refractivity contribution in [2.45, 2.75) is 5.41 Å². The molecule has 0 saturated carbocycles. The van der Waals surface area contributed by atoms with Crippen molar-refractivity contribution < 1.29 is 4.42 Å². The van der Waals surface area contributed by atoms with Crippen molar-refractivity contribution in [3.05, 3.63) is 204 Å². The molecule has 2 heterocycles. The molecule has 9 aromatic rings. The number of aromatic nitrogens is 2. The Labute approximate surface area is 301 Å². The number of nitrogens with zero attached hydrogens (tertiary/aromatic N) is 2. The van der Waals surface area contributed by atoms with E-state index < -0.39 is 5.41 Å². The van der Waals surface area contributed by atoms with Gasteiger partial charge in [-0.3, -0.25) is 0 Å². The minimum atomic E-state index is -0.564. The van der Waals surface area contributed by atoms with Gasteiger partial charge in [0, 0.05) is 27.6 Å². The number of hydrogen-bond donors (Lipinski definition) is 0. The maximum atomic E-state index is 6.91. The summed E-state index contributed by atoms with van der Waals surface area (Å²) in [7, 11) is 0. The predicted molar refractivity (Wildman–Crippen MR) is 210 cm³/mol. The number of benzene rings is 7. The molecule has 0 fully saturated rings. The van der Waals surface area contributed by atoms with Gasteiger partial charge in [-0.25, -0.2) is 9.97 Å². The van der Waals surface area contributed by atoms with Gasteiger partial charge in [0.1, 0.15) is 16.8 Å². The van der Waals surface area contributed by atoms with Gasteiger partial charge in [-0.05, 0) is 68.8 Å². The topological polar surface area (TPSA) is 38.9 Å². The molecular formula is C49H30N2O. The summed E-state index contributed by atoms with van der Waals surface area (Å²) in [6.07, 6.45) is 0. The van der Waals surface area contributed by atoms with Gasteiger partial charge in [0.05, 0.1) is 11.4 Å². The Morgan fingerprint density at radius 2 is 0.981 bits per heavy atom. The maximum Gasteiger partial charge on any atom is 0.160 e. The van der Waals surface area contributed by atoms with E-state index in [2.05, 4.69) is 170 Å². The van der Waals surface area contributed by atoms with Crippen LogP contribution in [0.5, 0.6) is 0 Å². The second kappa shape index (κ2) is 11.1. The summed E-state index contributed by atoms with van der Waals surface area (Å²) in [5, 5.41) is 1.15. The van der Waals surface area contributed by atoms with Crippen LogP contribution in [0.1, 0.15) is 22.5 Å². The van der Waals surface area contributed by atoms with Gasteiger partial charge in [-0.1, -0.05) is 158 Å². The molecule has 0 aliphatic heterocycles. The summed E-state index contributed by atoms with van der Waals surface area (Å²) in [5.41, 5.74) is 16.1. The van der Waals surface area contributed by atoms with E-state index in [0.717, 1.165) is 50.4 Å². The molecule has 1 spiro atoms. The molecule has 2 aromatic heterocycles. The third-order valence-electron chi connectivity index (χ3n) is 10.9. The van der Waals surface area contributed by atoms with Crippen LogP contribution in [0.25, 0.3) is 78.3 Å². The fourth-order valence-electron chi connectivity index (χ4n) is 8.66. The van der Waals surface area contributed by atoms with Crippen molar-refractivity contribution in [3.8, 4) is 67.3 Å². The van der Waals surface area contributed by atoms with E-state index in [-0.39, 0.29) is 0 Å². The molecule has 52 heavy (non-hydrogen) atoms. The van der Waals surface area contributed by atoms with Crippen LogP contribution < -0.4 is 0 Å². The normalized spacial score (nSPS) is 15.0. The molecule has 0 N–H and O–H groups in total. The molecule has 1 unspecified atom stereocenters. The van der Waals surface area contributed by atoms with Crippen molar-refractivity contribution in [1.82, 2.24) is 9.97 Å². The van der Waals surface area contributed by atoms with Crippen LogP contribution in [0.3, 0.4) is 0 Å². The minimum absolute atomic E-state index is 0.564. The lowest BCUT2D eigenvalue weighted by Gasteiger charge is -2.28. The molecule has 3 heteroatoms. The maximum absolute atomic E-state index is 6.91. The molecule has 2 aliphatic rings. The molecule has 1 atom stereocenters. The van der Waals surface area contributed by atoms with Crippen LogP contribution in [0, 0.1) is 0 Å². The lowest BCUT2D eigenvalue weighted by Crippen LogP contribution is -2.25. The summed E-state index contributed by atoms with van der Waals surface area (Å²) >= 11 is 0. The number of furan rings is 1. The fourth-order valence-corrected chi connectivity index (χ4v) is 8.66. The Bertz CT molecular complexity index is 2850. The van der Waals surface area contributed by atoms with Crippen LogP contribution in [-0.4, -0.2) is 9.97 Å². The summed E-state index contributed by atoms with van der Waals surface area (Å²) in [6.45, 7) is 0. The van der Waals surface area contributed by atoms with E-state index in [9.17, 15) is 0 Å². The third kappa shape index (κ3) is 4.08. The number of rotatable bonds is 4. The van der Waals surface area contributed by atoms with Crippen molar-refractivity contribution in [2.24, 2.45) is 0 Å². The van der Waals surface area contributed by atoms with Gasteiger partial charge in [-0.2, -0.15) is 0 Å². The Balaban J connectivity index is 1.13. The van der Waals surface area contributed by atoms with E-state index in [0.29, 0.717) is 5.82 Å². The molecule has 0 radical (unpaired) electrons. The first-order valence-electron chi connectivity index (χ1n) is 17.7. The molecule has 3 nitrogen and oxygen atoms in total. The monoisotopic (exact) mass is 662 g/mol. The molecule has 0 saturated heterocycles. The zero-order valence-corrected chi connectivity index (χ0v) is 28.1. The summed E-state index contributed by atoms with van der Waals surface area (Å²) in [4.78, 5) is 10.5. The zero-order chi connectivity index (χ0) is 34.2. The second-order valence-electron chi connectivity index (χ2n) is 13.7. The van der Waals surface area contributed by atoms with E-state index in [1.165, 1.54) is 44.5 Å². The molecule has 0 bridgehead atoms. The molecule has 242 valence electrons. The molecule has 11 rings (SSSR count). The molecule has 7 aromatic carbocycles. The predicted octanol–water partition coefficient (Wildman–Crippen LogP) is 12.2. The Hall–Kier alpha value is -6.84. The van der Waals surface area contributed by atoms with Crippen LogP contribution >= 0.6 is 0 Å². The van der Waals surface area contributed by atoms with E-state index in [1.807, 2.05) is 12.1 Å². The fraction of sp³-hybridized carbons (Fsp3) is 0.0204. The first kappa shape index (κ1) is 28.9. The first-order valence-corrected chi connectivity index (χ1v) is 17.7. The highest BCUT2D eigenvalue weighted by Crippen LogP contribution is 2.64. The van der Waals surface area contributed by atoms with E-state index in [1.54, 1.807) is 0 Å². The van der Waals surface area contributed by atoms with E-state index in [4.69, 9.17) is 14.4 Å². The summed E-state index contributed by atoms with van der Waals surface area (Å²) in [6, 6.07) is 64.4. The highest BCUT2D eigenvalue weighted by atomic mass is 16.3. The Morgan fingerprint density at radius 1 is 0.385 bits per heavy atom. The van der Waals surface area contributed by atoms with Gasteiger partial charge < -0.3 is 4.42 Å². The van der Waals surface area contributed by atoms with Crippen LogP contribution in [0.15, 0.2) is 186 Å². The summed E-state index contributed by atoms with van der Waals surface area (Å²) in [5.74, 6) is 1.69. The second-order valence-corrected chi connectivity index (χ2v) is 13.7. The standard InChI is InChI=1S/C49H30N2O/c1-3-14-31(15-4-1)33-18-13-19-34(28-33)44-30-43(32-16-5-2-6-17-32)50-48(51-44)35-26-27-42-39(29-35)36-20-7-10-23-40(36)49(42)41-24-11-8-21-37(41)46-38-22-9-12-25-45(38)52-47(46)49/h1-30H. The van der Waals surface area contributed by atoms with Gasteiger partial charge in [0.25, 0.3) is 0 Å². The van der Waals surface area contributed by atoms with Gasteiger partial charge in [0.15, 0.2) is 5.82 Å². The lowest BCUT2D eigenvalue weighted by atomic mass is 9.73. The average Bonchev–Trinajstić information content (AvgIpc) is 3.85. The third-order valence-corrected chi connectivity index (χ3v) is 10.9. The van der Waals surface area contributed by atoms with Crippen molar-refractivity contribution in [3.63, 3.8) is 0 Å². The number of fused-ring (bicyclic) bond motifs is 12. The van der Waals surface area contributed by atoms with Crippen LogP contribution in [-0.2, 0) is 5.41 Å². The van der Waals surface area contributed by atoms with Crippen molar-refractivity contribution in [2.75, 3.05) is 0 Å². The van der Waals surface area contributed by atoms with Crippen LogP contribution in [0.4, 0.5) is 0 Å². The number of para-hydroxylation sites is 1. The zero-order valence-electron chi connectivity index (χ0n) is 28.1. The van der Waals surface area contributed by atoms with Gasteiger partial charge >= 0.3 is 0 Å². The molecule has 0 amide bonds. The Kier molecular flexibility index (Phi) is 6.17. The first-order chi connectivity index (χ1) is 25.8. The van der Waals surface area contributed by atoms with Gasteiger partial charge in [-0.15, -0.1) is 0 Å². The molecule has 2 aliphatic carbocycles. The summed E-state index contributed by atoms with van der Waals surface area (Å²) < 4.78 is 6.91.